The monoisotopic (exact) mass is 716 g/mol. The number of hydrogen-bond donors (Lipinski definition) is 0. The van der Waals surface area contributed by atoms with Crippen molar-refractivity contribution < 1.29 is 4.42 Å². The van der Waals surface area contributed by atoms with E-state index in [1.807, 2.05) is 66.7 Å². The third-order valence-electron chi connectivity index (χ3n) is 10.7. The fourth-order valence-electron chi connectivity index (χ4n) is 7.95. The van der Waals surface area contributed by atoms with Crippen LogP contribution >= 0.6 is 0 Å². The van der Waals surface area contributed by atoms with Crippen LogP contribution in [-0.4, -0.2) is 19.5 Å². The van der Waals surface area contributed by atoms with Crippen molar-refractivity contribution in [2.75, 3.05) is 0 Å². The number of furan rings is 1. The molecule has 3 heterocycles. The quantitative estimate of drug-likeness (QED) is 0.172. The van der Waals surface area contributed by atoms with Crippen molar-refractivity contribution in [3.63, 3.8) is 0 Å². The lowest BCUT2D eigenvalue weighted by Gasteiger charge is -2.10. The Morgan fingerprint density at radius 2 is 0.875 bits per heavy atom. The lowest BCUT2D eigenvalue weighted by Crippen LogP contribution is -2.00. The van der Waals surface area contributed by atoms with E-state index in [9.17, 15) is 0 Å². The maximum atomic E-state index is 6.75. The zero-order valence-electron chi connectivity index (χ0n) is 30.2. The van der Waals surface area contributed by atoms with Gasteiger partial charge in [0, 0.05) is 55.6 Å². The third kappa shape index (κ3) is 5.37. The van der Waals surface area contributed by atoms with Crippen LogP contribution < -0.4 is 0 Å². The Labute approximate surface area is 322 Å². The van der Waals surface area contributed by atoms with Gasteiger partial charge in [-0.25, -0.2) is 15.0 Å². The summed E-state index contributed by atoms with van der Waals surface area (Å²) in [6.07, 6.45) is 0. The van der Waals surface area contributed by atoms with Crippen LogP contribution in [0.4, 0.5) is 0 Å². The molecule has 0 bridgehead atoms. The van der Waals surface area contributed by atoms with E-state index in [1.54, 1.807) is 0 Å². The number of rotatable bonds is 6. The van der Waals surface area contributed by atoms with Gasteiger partial charge in [0.15, 0.2) is 17.5 Å². The molecule has 5 heteroatoms. The number of hydrogen-bond acceptors (Lipinski definition) is 4. The number of para-hydroxylation sites is 2. The van der Waals surface area contributed by atoms with E-state index in [1.165, 1.54) is 11.1 Å². The standard InChI is InChI=1S/C51H32N4O/c1-4-13-33(14-5-1)34-23-25-35(26-24-34)40-20-12-21-43-42-29-28-39(32-47(42)56-48(40)43)55-45-22-11-10-19-41(45)44-31-38(27-30-46(44)55)51-53-49(36-15-6-2-7-16-36)52-50(54-51)37-17-8-3-9-18-37/h1-32H. The summed E-state index contributed by atoms with van der Waals surface area (Å²) < 4.78 is 9.07. The summed E-state index contributed by atoms with van der Waals surface area (Å²) in [5, 5.41) is 4.46. The van der Waals surface area contributed by atoms with Crippen LogP contribution in [0.15, 0.2) is 199 Å². The molecular weight excluding hydrogens is 685 g/mol. The molecule has 56 heavy (non-hydrogen) atoms. The predicted octanol–water partition coefficient (Wildman–Crippen LogP) is 13.2. The van der Waals surface area contributed by atoms with Gasteiger partial charge in [-0.15, -0.1) is 0 Å². The van der Waals surface area contributed by atoms with Crippen molar-refractivity contribution in [1.82, 2.24) is 19.5 Å². The normalized spacial score (nSPS) is 11.6. The molecule has 0 atom stereocenters. The summed E-state index contributed by atoms with van der Waals surface area (Å²) in [7, 11) is 0. The molecule has 0 amide bonds. The van der Waals surface area contributed by atoms with Gasteiger partial charge in [-0.3, -0.25) is 0 Å². The predicted molar refractivity (Wildman–Crippen MR) is 229 cm³/mol. The molecule has 0 N–H and O–H groups in total. The average molecular weight is 717 g/mol. The minimum atomic E-state index is 0.630. The molecule has 0 aliphatic carbocycles. The van der Waals surface area contributed by atoms with Crippen LogP contribution in [0.25, 0.3) is 106 Å². The molecule has 11 aromatic rings. The summed E-state index contributed by atoms with van der Waals surface area (Å²) in [5.74, 6) is 1.91. The number of fused-ring (bicyclic) bond motifs is 6. The van der Waals surface area contributed by atoms with E-state index in [0.29, 0.717) is 17.5 Å². The van der Waals surface area contributed by atoms with E-state index >= 15 is 0 Å². The molecular formula is C51H32N4O. The Morgan fingerprint density at radius 1 is 0.339 bits per heavy atom. The van der Waals surface area contributed by atoms with E-state index in [0.717, 1.165) is 77.2 Å². The summed E-state index contributed by atoms with van der Waals surface area (Å²) in [5.41, 5.74) is 12.4. The van der Waals surface area contributed by atoms with Gasteiger partial charge in [0.05, 0.1) is 11.0 Å². The second kappa shape index (κ2) is 13.0. The second-order valence-corrected chi connectivity index (χ2v) is 14.0. The minimum Gasteiger partial charge on any atom is -0.455 e. The van der Waals surface area contributed by atoms with Crippen LogP contribution in [0.1, 0.15) is 0 Å². The Balaban J connectivity index is 1.03. The minimum absolute atomic E-state index is 0.630. The molecule has 8 aromatic carbocycles. The van der Waals surface area contributed by atoms with E-state index in [2.05, 4.69) is 132 Å². The Bertz CT molecular complexity index is 3160. The second-order valence-electron chi connectivity index (χ2n) is 14.0. The van der Waals surface area contributed by atoms with E-state index in [4.69, 9.17) is 19.4 Å². The van der Waals surface area contributed by atoms with E-state index in [-0.39, 0.29) is 0 Å². The number of benzene rings is 8. The van der Waals surface area contributed by atoms with Gasteiger partial charge in [0.1, 0.15) is 11.2 Å². The van der Waals surface area contributed by atoms with Crippen LogP contribution in [-0.2, 0) is 0 Å². The Kier molecular flexibility index (Phi) is 7.42. The van der Waals surface area contributed by atoms with Gasteiger partial charge in [-0.1, -0.05) is 152 Å². The van der Waals surface area contributed by atoms with Crippen LogP contribution in [0.3, 0.4) is 0 Å². The molecule has 3 aromatic heterocycles. The van der Waals surface area contributed by atoms with Crippen molar-refractivity contribution in [2.45, 2.75) is 0 Å². The summed E-state index contributed by atoms with van der Waals surface area (Å²) in [6.45, 7) is 0. The lowest BCUT2D eigenvalue weighted by molar-refractivity contribution is 0.669. The third-order valence-corrected chi connectivity index (χ3v) is 10.7. The maximum absolute atomic E-state index is 6.75. The highest BCUT2D eigenvalue weighted by Gasteiger charge is 2.18. The summed E-state index contributed by atoms with van der Waals surface area (Å²) >= 11 is 0. The maximum Gasteiger partial charge on any atom is 0.164 e. The molecule has 0 aliphatic heterocycles. The van der Waals surface area contributed by atoms with Crippen LogP contribution in [0.2, 0.25) is 0 Å². The van der Waals surface area contributed by atoms with Crippen molar-refractivity contribution in [3.8, 4) is 62.1 Å². The van der Waals surface area contributed by atoms with Crippen molar-refractivity contribution >= 4 is 43.7 Å². The van der Waals surface area contributed by atoms with Crippen LogP contribution in [0.5, 0.6) is 0 Å². The summed E-state index contributed by atoms with van der Waals surface area (Å²) in [4.78, 5) is 14.9. The van der Waals surface area contributed by atoms with Crippen molar-refractivity contribution in [1.29, 1.82) is 0 Å². The Hall–Kier alpha value is -7.63. The van der Waals surface area contributed by atoms with E-state index < -0.39 is 0 Å². The first kappa shape index (κ1) is 31.9. The fraction of sp³-hybridized carbons (Fsp3) is 0. The molecule has 0 unspecified atom stereocenters. The fourth-order valence-corrected chi connectivity index (χ4v) is 7.95. The molecule has 0 saturated heterocycles. The first-order valence-corrected chi connectivity index (χ1v) is 18.8. The molecule has 262 valence electrons. The van der Waals surface area contributed by atoms with Gasteiger partial charge < -0.3 is 8.98 Å². The van der Waals surface area contributed by atoms with Crippen molar-refractivity contribution in [3.05, 3.63) is 194 Å². The van der Waals surface area contributed by atoms with Gasteiger partial charge in [-0.05, 0) is 53.1 Å². The zero-order valence-corrected chi connectivity index (χ0v) is 30.2. The first-order chi connectivity index (χ1) is 27.7. The molecule has 0 saturated carbocycles. The number of nitrogens with zero attached hydrogens (tertiary/aromatic N) is 4. The van der Waals surface area contributed by atoms with Gasteiger partial charge in [-0.2, -0.15) is 0 Å². The van der Waals surface area contributed by atoms with Gasteiger partial charge in [0.2, 0.25) is 0 Å². The highest BCUT2D eigenvalue weighted by Crippen LogP contribution is 2.40. The zero-order chi connectivity index (χ0) is 37.0. The first-order valence-electron chi connectivity index (χ1n) is 18.8. The highest BCUT2D eigenvalue weighted by atomic mass is 16.3. The van der Waals surface area contributed by atoms with Crippen LogP contribution in [0, 0.1) is 0 Å². The highest BCUT2D eigenvalue weighted by molar-refractivity contribution is 6.12. The molecule has 5 nitrogen and oxygen atoms in total. The largest absolute Gasteiger partial charge is 0.455 e. The number of aromatic nitrogens is 4. The van der Waals surface area contributed by atoms with Gasteiger partial charge in [0.25, 0.3) is 0 Å². The molecule has 0 spiro atoms. The Morgan fingerprint density at radius 3 is 1.57 bits per heavy atom. The molecule has 11 rings (SSSR count). The topological polar surface area (TPSA) is 56.7 Å². The average Bonchev–Trinajstić information content (AvgIpc) is 3.82. The smallest absolute Gasteiger partial charge is 0.164 e. The molecule has 0 fully saturated rings. The summed E-state index contributed by atoms with van der Waals surface area (Å²) in [6, 6.07) is 67.4. The molecule has 0 radical (unpaired) electrons. The SMILES string of the molecule is c1ccc(-c2ccc(-c3cccc4c3oc3cc(-n5c6ccccc6c6cc(-c7nc(-c8ccccc8)nc(-c8ccccc8)n7)ccc65)ccc34)cc2)cc1. The van der Waals surface area contributed by atoms with Crippen molar-refractivity contribution in [2.24, 2.45) is 0 Å². The molecule has 0 aliphatic rings. The van der Waals surface area contributed by atoms with Gasteiger partial charge >= 0.3 is 0 Å². The lowest BCUT2D eigenvalue weighted by atomic mass is 9.99.